The van der Waals surface area contributed by atoms with E-state index in [1.54, 1.807) is 30.3 Å². The molecule has 0 saturated heterocycles. The normalized spacial score (nSPS) is 12.0. The van der Waals surface area contributed by atoms with E-state index in [0.717, 1.165) is 16.1 Å². The molecule has 0 aliphatic rings. The monoisotopic (exact) mass is 497 g/mol. The number of halogens is 1. The maximum absolute atomic E-state index is 13.7. The molecule has 35 heavy (non-hydrogen) atoms. The Kier molecular flexibility index (Phi) is 8.59. The molecule has 0 unspecified atom stereocenters. The smallest absolute Gasteiger partial charge is 0.244 e. The lowest BCUT2D eigenvalue weighted by Crippen LogP contribution is -2.52. The predicted octanol–water partition coefficient (Wildman–Crippen LogP) is 2.98. The molecule has 0 aliphatic heterocycles. The van der Waals surface area contributed by atoms with Crippen LogP contribution < -0.4 is 9.62 Å². The van der Waals surface area contributed by atoms with Crippen molar-refractivity contribution < 1.29 is 22.4 Å². The van der Waals surface area contributed by atoms with Crippen LogP contribution in [0.3, 0.4) is 0 Å². The standard InChI is InChI=1S/C26H28FN3O4S/c1-28-26(32)24(17-20-9-5-3-6-10-20)29(18-21-13-15-22(27)16-14-21)25(31)19-30(35(2,33)34)23-11-7-4-8-12-23/h3-16,24H,17-19H2,1-2H3,(H,28,32)/t24-/m0/s1. The van der Waals surface area contributed by atoms with Crippen molar-refractivity contribution in [3.05, 3.63) is 102 Å². The maximum Gasteiger partial charge on any atom is 0.244 e. The molecule has 3 aromatic rings. The number of anilines is 1. The number of benzene rings is 3. The van der Waals surface area contributed by atoms with E-state index in [2.05, 4.69) is 5.32 Å². The first-order chi connectivity index (χ1) is 16.7. The van der Waals surface area contributed by atoms with Crippen LogP contribution >= 0.6 is 0 Å². The van der Waals surface area contributed by atoms with Crippen molar-refractivity contribution in [2.75, 3.05) is 24.2 Å². The Hall–Kier alpha value is -3.72. The Bertz CT molecular complexity index is 1240. The molecule has 1 atom stereocenters. The number of carbonyl (C=O) groups excluding carboxylic acids is 2. The Morgan fingerprint density at radius 2 is 1.46 bits per heavy atom. The van der Waals surface area contributed by atoms with Gasteiger partial charge in [0.1, 0.15) is 18.4 Å². The van der Waals surface area contributed by atoms with Gasteiger partial charge in [-0.25, -0.2) is 12.8 Å². The van der Waals surface area contributed by atoms with Gasteiger partial charge in [-0.05, 0) is 35.4 Å². The third-order valence-electron chi connectivity index (χ3n) is 5.51. The highest BCUT2D eigenvalue weighted by atomic mass is 32.2. The number of sulfonamides is 1. The van der Waals surface area contributed by atoms with Gasteiger partial charge in [0.25, 0.3) is 0 Å². The Morgan fingerprint density at radius 1 is 0.886 bits per heavy atom. The van der Waals surface area contributed by atoms with Gasteiger partial charge in [-0.3, -0.25) is 13.9 Å². The molecule has 3 aromatic carbocycles. The van der Waals surface area contributed by atoms with Crippen LogP contribution in [0.1, 0.15) is 11.1 Å². The van der Waals surface area contributed by atoms with Crippen LogP contribution in [0.5, 0.6) is 0 Å². The van der Waals surface area contributed by atoms with E-state index in [-0.39, 0.29) is 13.0 Å². The van der Waals surface area contributed by atoms with Crippen molar-refractivity contribution in [3.63, 3.8) is 0 Å². The molecule has 7 nitrogen and oxygen atoms in total. The zero-order valence-electron chi connectivity index (χ0n) is 19.6. The van der Waals surface area contributed by atoms with Crippen molar-refractivity contribution in [2.45, 2.75) is 19.0 Å². The summed E-state index contributed by atoms with van der Waals surface area (Å²) < 4.78 is 39.6. The summed E-state index contributed by atoms with van der Waals surface area (Å²) in [6.07, 6.45) is 1.25. The molecular formula is C26H28FN3O4S. The van der Waals surface area contributed by atoms with Crippen LogP contribution in [0.2, 0.25) is 0 Å². The number of amides is 2. The van der Waals surface area contributed by atoms with Crippen LogP contribution in [-0.2, 0) is 32.6 Å². The minimum atomic E-state index is -3.80. The largest absolute Gasteiger partial charge is 0.357 e. The molecule has 0 aliphatic carbocycles. The number of carbonyl (C=O) groups is 2. The summed E-state index contributed by atoms with van der Waals surface area (Å²) in [5.41, 5.74) is 1.78. The fourth-order valence-electron chi connectivity index (χ4n) is 3.72. The zero-order valence-corrected chi connectivity index (χ0v) is 20.4. The van der Waals surface area contributed by atoms with Gasteiger partial charge in [-0.2, -0.15) is 0 Å². The SMILES string of the molecule is CNC(=O)[C@H](Cc1ccccc1)N(Cc1ccc(F)cc1)C(=O)CN(c1ccccc1)S(C)(=O)=O. The van der Waals surface area contributed by atoms with Gasteiger partial charge in [-0.15, -0.1) is 0 Å². The number of nitrogens with zero attached hydrogens (tertiary/aromatic N) is 2. The molecule has 9 heteroatoms. The Morgan fingerprint density at radius 3 is 2.00 bits per heavy atom. The Labute approximate surface area is 205 Å². The molecule has 0 bridgehead atoms. The minimum absolute atomic E-state index is 0.00355. The average molecular weight is 498 g/mol. The molecule has 3 rings (SSSR count). The van der Waals surface area contributed by atoms with Crippen LogP contribution in [0.15, 0.2) is 84.9 Å². The van der Waals surface area contributed by atoms with Crippen LogP contribution in [0, 0.1) is 5.82 Å². The first-order valence-corrected chi connectivity index (χ1v) is 12.9. The first kappa shape index (κ1) is 25.9. The summed E-state index contributed by atoms with van der Waals surface area (Å²) in [6, 6.07) is 22.2. The van der Waals surface area contributed by atoms with Crippen LogP contribution in [-0.4, -0.2) is 51.0 Å². The van der Waals surface area contributed by atoms with E-state index >= 15 is 0 Å². The highest BCUT2D eigenvalue weighted by molar-refractivity contribution is 7.92. The van der Waals surface area contributed by atoms with E-state index in [1.165, 1.54) is 36.2 Å². The second-order valence-electron chi connectivity index (χ2n) is 8.07. The zero-order chi connectivity index (χ0) is 25.4. The number of hydrogen-bond donors (Lipinski definition) is 1. The van der Waals surface area contributed by atoms with E-state index < -0.39 is 40.2 Å². The van der Waals surface area contributed by atoms with Crippen LogP contribution in [0.4, 0.5) is 10.1 Å². The lowest BCUT2D eigenvalue weighted by molar-refractivity contribution is -0.139. The van der Waals surface area contributed by atoms with E-state index in [9.17, 15) is 22.4 Å². The fourth-order valence-corrected chi connectivity index (χ4v) is 4.56. The number of nitrogens with one attached hydrogen (secondary N) is 1. The molecule has 184 valence electrons. The molecule has 2 amide bonds. The van der Waals surface area contributed by atoms with Crippen molar-refractivity contribution in [3.8, 4) is 0 Å². The second kappa shape index (κ2) is 11.6. The summed E-state index contributed by atoms with van der Waals surface area (Å²) in [7, 11) is -2.32. The Balaban J connectivity index is 2.00. The lowest BCUT2D eigenvalue weighted by Gasteiger charge is -2.33. The molecule has 0 heterocycles. The van der Waals surface area contributed by atoms with Gasteiger partial charge in [0.05, 0.1) is 11.9 Å². The molecule has 1 N–H and O–H groups in total. The van der Waals surface area contributed by atoms with Gasteiger partial charge in [0.15, 0.2) is 0 Å². The van der Waals surface area contributed by atoms with E-state index in [4.69, 9.17) is 0 Å². The third-order valence-corrected chi connectivity index (χ3v) is 6.65. The topological polar surface area (TPSA) is 86.8 Å². The number of para-hydroxylation sites is 1. The quantitative estimate of drug-likeness (QED) is 0.467. The average Bonchev–Trinajstić information content (AvgIpc) is 2.85. The highest BCUT2D eigenvalue weighted by Crippen LogP contribution is 2.20. The number of hydrogen-bond acceptors (Lipinski definition) is 4. The summed E-state index contributed by atoms with van der Waals surface area (Å²) in [6.45, 7) is -0.497. The fraction of sp³-hybridized carbons (Fsp3) is 0.231. The second-order valence-corrected chi connectivity index (χ2v) is 9.98. The summed E-state index contributed by atoms with van der Waals surface area (Å²) in [5.74, 6) is -1.38. The number of likely N-dealkylation sites (N-methyl/N-ethyl adjacent to an activating group) is 1. The predicted molar refractivity (Wildman–Crippen MR) is 134 cm³/mol. The van der Waals surface area contributed by atoms with Crippen molar-refractivity contribution >= 4 is 27.5 Å². The summed E-state index contributed by atoms with van der Waals surface area (Å²) >= 11 is 0. The minimum Gasteiger partial charge on any atom is -0.357 e. The van der Waals surface area contributed by atoms with Gasteiger partial charge in [0, 0.05) is 20.0 Å². The first-order valence-electron chi connectivity index (χ1n) is 11.0. The van der Waals surface area contributed by atoms with Crippen molar-refractivity contribution in [2.24, 2.45) is 0 Å². The maximum atomic E-state index is 13.7. The van der Waals surface area contributed by atoms with Gasteiger partial charge >= 0.3 is 0 Å². The third kappa shape index (κ3) is 7.13. The van der Waals surface area contributed by atoms with E-state index in [0.29, 0.717) is 11.3 Å². The molecule has 0 radical (unpaired) electrons. The van der Waals surface area contributed by atoms with E-state index in [1.807, 2.05) is 30.3 Å². The molecule has 0 aromatic heterocycles. The van der Waals surface area contributed by atoms with Crippen molar-refractivity contribution in [1.29, 1.82) is 0 Å². The number of rotatable bonds is 10. The molecule has 0 fully saturated rings. The lowest BCUT2D eigenvalue weighted by atomic mass is 10.0. The van der Waals surface area contributed by atoms with Gasteiger partial charge < -0.3 is 10.2 Å². The molecule has 0 spiro atoms. The summed E-state index contributed by atoms with van der Waals surface area (Å²) in [4.78, 5) is 28.0. The van der Waals surface area contributed by atoms with Crippen molar-refractivity contribution in [1.82, 2.24) is 10.2 Å². The summed E-state index contributed by atoms with van der Waals surface area (Å²) in [5, 5.41) is 2.61. The highest BCUT2D eigenvalue weighted by Gasteiger charge is 2.32. The molecule has 0 saturated carbocycles. The van der Waals surface area contributed by atoms with Crippen LogP contribution in [0.25, 0.3) is 0 Å². The van der Waals surface area contributed by atoms with Gasteiger partial charge in [-0.1, -0.05) is 60.7 Å². The molecular weight excluding hydrogens is 469 g/mol. The van der Waals surface area contributed by atoms with Gasteiger partial charge in [0.2, 0.25) is 21.8 Å².